The summed E-state index contributed by atoms with van der Waals surface area (Å²) in [7, 11) is 1.81. The van der Waals surface area contributed by atoms with E-state index in [1.54, 1.807) is 11.1 Å². The van der Waals surface area contributed by atoms with Crippen molar-refractivity contribution in [2.24, 2.45) is 0 Å². The fourth-order valence-corrected chi connectivity index (χ4v) is 2.46. The summed E-state index contributed by atoms with van der Waals surface area (Å²) in [4.78, 5) is 18.4. The third kappa shape index (κ3) is 3.90. The molecule has 3 rings (SSSR count). The Kier molecular flexibility index (Phi) is 6.65. The van der Waals surface area contributed by atoms with E-state index in [-0.39, 0.29) is 30.7 Å². The highest BCUT2D eigenvalue weighted by Gasteiger charge is 2.16. The van der Waals surface area contributed by atoms with E-state index < -0.39 is 0 Å². The van der Waals surface area contributed by atoms with Crippen molar-refractivity contribution in [3.63, 3.8) is 0 Å². The second kappa shape index (κ2) is 8.01. The molecule has 0 saturated heterocycles. The van der Waals surface area contributed by atoms with Crippen molar-refractivity contribution in [1.82, 2.24) is 9.88 Å². The molecule has 0 saturated carbocycles. The van der Waals surface area contributed by atoms with Gasteiger partial charge in [0.05, 0.1) is 12.2 Å². The van der Waals surface area contributed by atoms with Gasteiger partial charge in [-0.3, -0.25) is 9.78 Å². The number of benzene rings is 1. The minimum Gasteiger partial charge on any atom is -0.384 e. The van der Waals surface area contributed by atoms with Crippen LogP contribution in [0.25, 0.3) is 0 Å². The molecule has 0 bridgehead atoms. The normalized spacial score (nSPS) is 11.5. The number of carbonyl (C=O) groups excluding carboxylic acids is 1. The van der Waals surface area contributed by atoms with Crippen LogP contribution in [0.1, 0.15) is 21.6 Å². The molecule has 6 heteroatoms. The van der Waals surface area contributed by atoms with Crippen LogP contribution in [0.15, 0.2) is 42.6 Å². The number of nitrogens with one attached hydrogen (secondary N) is 1. The number of hydrogen-bond acceptors (Lipinski definition) is 3. The SMILES string of the molecule is CN(Cc1ccccn1)C(=O)c1ccc2c(c1)CCN2.Cl.Cl. The molecule has 0 atom stereocenters. The summed E-state index contributed by atoms with van der Waals surface area (Å²) in [5, 5.41) is 3.30. The summed E-state index contributed by atoms with van der Waals surface area (Å²) in [6.45, 7) is 1.48. The molecule has 1 amide bonds. The van der Waals surface area contributed by atoms with Crippen molar-refractivity contribution >= 4 is 36.4 Å². The zero-order valence-electron chi connectivity index (χ0n) is 12.3. The molecule has 2 aromatic rings. The predicted octanol–water partition coefficient (Wildman–Crippen LogP) is 3.17. The van der Waals surface area contributed by atoms with Crippen molar-refractivity contribution in [3.05, 3.63) is 59.4 Å². The zero-order chi connectivity index (χ0) is 13.9. The number of nitrogens with zero attached hydrogens (tertiary/aromatic N) is 2. The third-order valence-electron chi connectivity index (χ3n) is 3.53. The molecule has 118 valence electrons. The van der Waals surface area contributed by atoms with E-state index >= 15 is 0 Å². The minimum atomic E-state index is 0. The summed E-state index contributed by atoms with van der Waals surface area (Å²) in [6, 6.07) is 11.6. The van der Waals surface area contributed by atoms with Crippen LogP contribution in [0.5, 0.6) is 0 Å². The summed E-state index contributed by atoms with van der Waals surface area (Å²) >= 11 is 0. The Morgan fingerprint density at radius 2 is 2.09 bits per heavy atom. The van der Waals surface area contributed by atoms with Gasteiger partial charge < -0.3 is 10.2 Å². The van der Waals surface area contributed by atoms with Gasteiger partial charge in [-0.25, -0.2) is 0 Å². The highest BCUT2D eigenvalue weighted by atomic mass is 35.5. The van der Waals surface area contributed by atoms with Crippen LogP contribution < -0.4 is 5.32 Å². The Morgan fingerprint density at radius 1 is 1.27 bits per heavy atom. The molecule has 1 aromatic heterocycles. The van der Waals surface area contributed by atoms with Crippen LogP contribution in [0, 0.1) is 0 Å². The van der Waals surface area contributed by atoms with Gasteiger partial charge in [0.15, 0.2) is 0 Å². The standard InChI is InChI=1S/C16H17N3O.2ClH/c1-19(11-14-4-2-3-8-17-14)16(20)13-5-6-15-12(10-13)7-9-18-15;;/h2-6,8,10,18H,7,9,11H2,1H3;2*1H. The highest BCUT2D eigenvalue weighted by molar-refractivity contribution is 5.94. The fraction of sp³-hybridized carbons (Fsp3) is 0.250. The van der Waals surface area contributed by atoms with Crippen molar-refractivity contribution in [2.75, 3.05) is 18.9 Å². The van der Waals surface area contributed by atoms with Gasteiger partial charge in [-0.15, -0.1) is 24.8 Å². The molecule has 1 N–H and O–H groups in total. The molecule has 4 nitrogen and oxygen atoms in total. The molecule has 0 radical (unpaired) electrons. The van der Waals surface area contributed by atoms with Gasteiger partial charge in [-0.05, 0) is 42.3 Å². The van der Waals surface area contributed by atoms with Gasteiger partial charge in [-0.1, -0.05) is 6.07 Å². The summed E-state index contributed by atoms with van der Waals surface area (Å²) in [6.07, 6.45) is 2.73. The average molecular weight is 340 g/mol. The third-order valence-corrected chi connectivity index (χ3v) is 3.53. The van der Waals surface area contributed by atoms with E-state index in [2.05, 4.69) is 10.3 Å². The van der Waals surface area contributed by atoms with Gasteiger partial charge >= 0.3 is 0 Å². The molecule has 0 spiro atoms. The molecule has 2 heterocycles. The summed E-state index contributed by atoms with van der Waals surface area (Å²) in [5.74, 6) is 0.0327. The first-order valence-electron chi connectivity index (χ1n) is 6.76. The number of hydrogen-bond donors (Lipinski definition) is 1. The second-order valence-corrected chi connectivity index (χ2v) is 5.03. The molecule has 22 heavy (non-hydrogen) atoms. The molecular weight excluding hydrogens is 321 g/mol. The number of pyridine rings is 1. The van der Waals surface area contributed by atoms with Crippen LogP contribution in [0.2, 0.25) is 0 Å². The maximum absolute atomic E-state index is 12.4. The van der Waals surface area contributed by atoms with Crippen LogP contribution in [-0.2, 0) is 13.0 Å². The van der Waals surface area contributed by atoms with Gasteiger partial charge in [0.2, 0.25) is 0 Å². The quantitative estimate of drug-likeness (QED) is 0.934. The smallest absolute Gasteiger partial charge is 0.253 e. The Bertz CT molecular complexity index is 635. The lowest BCUT2D eigenvalue weighted by atomic mass is 10.1. The molecular formula is C16H19Cl2N3O. The number of fused-ring (bicyclic) bond motifs is 1. The first-order chi connectivity index (χ1) is 9.74. The number of rotatable bonds is 3. The summed E-state index contributed by atoms with van der Waals surface area (Å²) < 4.78 is 0. The van der Waals surface area contributed by atoms with E-state index in [4.69, 9.17) is 0 Å². The van der Waals surface area contributed by atoms with Crippen molar-refractivity contribution in [2.45, 2.75) is 13.0 Å². The van der Waals surface area contributed by atoms with Crippen molar-refractivity contribution < 1.29 is 4.79 Å². The van der Waals surface area contributed by atoms with E-state index in [1.165, 1.54) is 5.56 Å². The topological polar surface area (TPSA) is 45.2 Å². The first kappa shape index (κ1) is 18.3. The lowest BCUT2D eigenvalue weighted by molar-refractivity contribution is 0.0783. The average Bonchev–Trinajstić information content (AvgIpc) is 2.94. The van der Waals surface area contributed by atoms with Crippen LogP contribution in [-0.4, -0.2) is 29.4 Å². The monoisotopic (exact) mass is 339 g/mol. The second-order valence-electron chi connectivity index (χ2n) is 5.03. The summed E-state index contributed by atoms with van der Waals surface area (Å²) in [5.41, 5.74) is 4.01. The fourth-order valence-electron chi connectivity index (χ4n) is 2.46. The minimum absolute atomic E-state index is 0. The largest absolute Gasteiger partial charge is 0.384 e. The Hall–Kier alpha value is -1.78. The zero-order valence-corrected chi connectivity index (χ0v) is 13.9. The number of amides is 1. The van der Waals surface area contributed by atoms with E-state index in [0.29, 0.717) is 6.54 Å². The Balaban J connectivity index is 0.00000121. The van der Waals surface area contributed by atoms with Crippen molar-refractivity contribution in [1.29, 1.82) is 0 Å². The molecule has 1 aromatic carbocycles. The maximum atomic E-state index is 12.4. The van der Waals surface area contributed by atoms with Gasteiger partial charge in [0.1, 0.15) is 0 Å². The van der Waals surface area contributed by atoms with E-state index in [0.717, 1.165) is 29.9 Å². The van der Waals surface area contributed by atoms with E-state index in [1.807, 2.05) is 43.4 Å². The highest BCUT2D eigenvalue weighted by Crippen LogP contribution is 2.23. The number of carbonyl (C=O) groups is 1. The van der Waals surface area contributed by atoms with Gasteiger partial charge in [0, 0.05) is 31.0 Å². The molecule has 0 fully saturated rings. The van der Waals surface area contributed by atoms with Gasteiger partial charge in [-0.2, -0.15) is 0 Å². The molecule has 0 aliphatic carbocycles. The van der Waals surface area contributed by atoms with Crippen LogP contribution >= 0.6 is 24.8 Å². The Labute approximate surface area is 142 Å². The van der Waals surface area contributed by atoms with Crippen molar-refractivity contribution in [3.8, 4) is 0 Å². The number of aromatic nitrogens is 1. The van der Waals surface area contributed by atoms with Gasteiger partial charge in [0.25, 0.3) is 5.91 Å². The van der Waals surface area contributed by atoms with Crippen LogP contribution in [0.3, 0.4) is 0 Å². The first-order valence-corrected chi connectivity index (χ1v) is 6.76. The molecule has 1 aliphatic heterocycles. The maximum Gasteiger partial charge on any atom is 0.253 e. The number of halogens is 2. The molecule has 0 unspecified atom stereocenters. The molecule has 1 aliphatic rings. The lowest BCUT2D eigenvalue weighted by Crippen LogP contribution is -2.26. The van der Waals surface area contributed by atoms with E-state index in [9.17, 15) is 4.79 Å². The number of anilines is 1. The predicted molar refractivity (Wildman–Crippen MR) is 93.2 cm³/mol. The Morgan fingerprint density at radius 3 is 2.82 bits per heavy atom. The van der Waals surface area contributed by atoms with Crippen LogP contribution in [0.4, 0.5) is 5.69 Å². The lowest BCUT2D eigenvalue weighted by Gasteiger charge is -2.17.